The molecule has 0 atom stereocenters. The number of nitrogens with two attached hydrogens (primary N) is 1. The third-order valence-electron chi connectivity index (χ3n) is 4.19. The molecule has 0 spiro atoms. The van der Waals surface area contributed by atoms with Crippen LogP contribution in [0.4, 0.5) is 0 Å². The molecule has 1 saturated carbocycles. The number of benzene rings is 1. The van der Waals surface area contributed by atoms with E-state index in [1.807, 2.05) is 12.1 Å². The Balaban J connectivity index is 0.00000176. The molecule has 0 radical (unpaired) electrons. The van der Waals surface area contributed by atoms with Crippen molar-refractivity contribution < 1.29 is 9.26 Å². The standard InChI is InChI=1S/C16H21N3O2.ClH/c1-11-5-6-13(20-2)12(9-11)10-14-18-15(19-21-14)16(17)7-3-4-8-16;/h5-6,9H,3-4,7-8,10,17H2,1-2H3;1H. The molecule has 0 aliphatic heterocycles. The molecule has 120 valence electrons. The fourth-order valence-corrected chi connectivity index (χ4v) is 2.97. The van der Waals surface area contributed by atoms with E-state index in [-0.39, 0.29) is 12.4 Å². The van der Waals surface area contributed by atoms with Crippen LogP contribution in [0.15, 0.2) is 22.7 Å². The lowest BCUT2D eigenvalue weighted by atomic mass is 9.98. The van der Waals surface area contributed by atoms with E-state index in [0.29, 0.717) is 18.1 Å². The van der Waals surface area contributed by atoms with E-state index < -0.39 is 5.54 Å². The van der Waals surface area contributed by atoms with E-state index in [1.165, 1.54) is 5.56 Å². The highest BCUT2D eigenvalue weighted by molar-refractivity contribution is 5.85. The molecule has 0 saturated heterocycles. The second-order valence-corrected chi connectivity index (χ2v) is 5.87. The minimum Gasteiger partial charge on any atom is -0.496 e. The number of aromatic nitrogens is 2. The Morgan fingerprint density at radius 1 is 1.32 bits per heavy atom. The van der Waals surface area contributed by atoms with Gasteiger partial charge < -0.3 is 15.0 Å². The van der Waals surface area contributed by atoms with Crippen molar-refractivity contribution in [3.8, 4) is 5.75 Å². The SMILES string of the molecule is COc1ccc(C)cc1Cc1nc(C2(N)CCCC2)no1.Cl. The number of halogens is 1. The van der Waals surface area contributed by atoms with Gasteiger partial charge in [0.1, 0.15) is 5.75 Å². The van der Waals surface area contributed by atoms with Gasteiger partial charge in [-0.3, -0.25) is 0 Å². The van der Waals surface area contributed by atoms with Crippen LogP contribution < -0.4 is 10.5 Å². The zero-order valence-electron chi connectivity index (χ0n) is 13.0. The van der Waals surface area contributed by atoms with Crippen molar-refractivity contribution in [1.29, 1.82) is 0 Å². The highest BCUT2D eigenvalue weighted by Gasteiger charge is 2.35. The predicted molar refractivity (Wildman–Crippen MR) is 86.4 cm³/mol. The van der Waals surface area contributed by atoms with Crippen molar-refractivity contribution >= 4 is 12.4 Å². The molecular formula is C16H22ClN3O2. The summed E-state index contributed by atoms with van der Waals surface area (Å²) in [6.07, 6.45) is 4.69. The molecule has 1 aliphatic carbocycles. The van der Waals surface area contributed by atoms with Gasteiger partial charge in [0.25, 0.3) is 0 Å². The predicted octanol–water partition coefficient (Wildman–Crippen LogP) is 3.13. The number of methoxy groups -OCH3 is 1. The first-order valence-corrected chi connectivity index (χ1v) is 7.36. The normalized spacial score (nSPS) is 16.3. The minimum absolute atomic E-state index is 0. The molecule has 1 fully saturated rings. The van der Waals surface area contributed by atoms with Crippen LogP contribution in [-0.4, -0.2) is 17.3 Å². The average Bonchev–Trinajstić information content (AvgIpc) is 3.09. The number of ether oxygens (including phenoxy) is 1. The Hall–Kier alpha value is -1.59. The maximum atomic E-state index is 6.36. The van der Waals surface area contributed by atoms with Crippen LogP contribution in [0.25, 0.3) is 0 Å². The van der Waals surface area contributed by atoms with E-state index >= 15 is 0 Å². The molecule has 22 heavy (non-hydrogen) atoms. The van der Waals surface area contributed by atoms with Crippen LogP contribution in [0, 0.1) is 6.92 Å². The van der Waals surface area contributed by atoms with Crippen molar-refractivity contribution in [1.82, 2.24) is 10.1 Å². The van der Waals surface area contributed by atoms with Gasteiger partial charge in [0.15, 0.2) is 5.82 Å². The lowest BCUT2D eigenvalue weighted by molar-refractivity contribution is 0.350. The van der Waals surface area contributed by atoms with Crippen molar-refractivity contribution in [3.05, 3.63) is 41.0 Å². The summed E-state index contributed by atoms with van der Waals surface area (Å²) in [5.74, 6) is 2.07. The topological polar surface area (TPSA) is 74.2 Å². The van der Waals surface area contributed by atoms with E-state index in [0.717, 1.165) is 37.0 Å². The monoisotopic (exact) mass is 323 g/mol. The van der Waals surface area contributed by atoms with Gasteiger partial charge in [-0.25, -0.2) is 0 Å². The largest absolute Gasteiger partial charge is 0.496 e. The van der Waals surface area contributed by atoms with Gasteiger partial charge in [-0.05, 0) is 25.8 Å². The van der Waals surface area contributed by atoms with Crippen LogP contribution in [0.5, 0.6) is 5.75 Å². The third kappa shape index (κ3) is 3.25. The second kappa shape index (κ2) is 6.67. The molecule has 0 unspecified atom stereocenters. The smallest absolute Gasteiger partial charge is 0.231 e. The molecular weight excluding hydrogens is 302 g/mol. The molecule has 1 aromatic carbocycles. The summed E-state index contributed by atoms with van der Waals surface area (Å²) >= 11 is 0. The molecule has 1 aliphatic rings. The van der Waals surface area contributed by atoms with Crippen LogP contribution in [0.3, 0.4) is 0 Å². The maximum absolute atomic E-state index is 6.36. The first kappa shape index (κ1) is 16.8. The van der Waals surface area contributed by atoms with Crippen molar-refractivity contribution in [2.24, 2.45) is 5.73 Å². The highest BCUT2D eigenvalue weighted by atomic mass is 35.5. The molecule has 0 bridgehead atoms. The molecule has 5 nitrogen and oxygen atoms in total. The Morgan fingerprint density at radius 2 is 2.05 bits per heavy atom. The molecule has 2 aromatic rings. The molecule has 2 N–H and O–H groups in total. The zero-order chi connectivity index (χ0) is 14.9. The van der Waals surface area contributed by atoms with Gasteiger partial charge in [-0.2, -0.15) is 4.98 Å². The van der Waals surface area contributed by atoms with E-state index in [2.05, 4.69) is 23.1 Å². The summed E-state index contributed by atoms with van der Waals surface area (Å²) in [7, 11) is 1.67. The Morgan fingerprint density at radius 3 is 2.73 bits per heavy atom. The average molecular weight is 324 g/mol. The van der Waals surface area contributed by atoms with Crippen LogP contribution >= 0.6 is 12.4 Å². The molecule has 1 heterocycles. The minimum atomic E-state index is -0.404. The Bertz CT molecular complexity index is 636. The van der Waals surface area contributed by atoms with Crippen LogP contribution in [0.2, 0.25) is 0 Å². The quantitative estimate of drug-likeness (QED) is 0.935. The molecule has 6 heteroatoms. The van der Waals surface area contributed by atoms with Crippen LogP contribution in [-0.2, 0) is 12.0 Å². The lowest BCUT2D eigenvalue weighted by Crippen LogP contribution is -2.34. The summed E-state index contributed by atoms with van der Waals surface area (Å²) in [6, 6.07) is 6.06. The summed E-state index contributed by atoms with van der Waals surface area (Å²) in [5.41, 5.74) is 8.18. The van der Waals surface area contributed by atoms with E-state index in [1.54, 1.807) is 7.11 Å². The van der Waals surface area contributed by atoms with Crippen molar-refractivity contribution in [2.75, 3.05) is 7.11 Å². The van der Waals surface area contributed by atoms with Gasteiger partial charge in [-0.1, -0.05) is 35.7 Å². The number of aryl methyl sites for hydroxylation is 1. The zero-order valence-corrected chi connectivity index (χ0v) is 13.8. The fourth-order valence-electron chi connectivity index (χ4n) is 2.97. The Kier molecular flexibility index (Phi) is 5.08. The summed E-state index contributed by atoms with van der Waals surface area (Å²) < 4.78 is 10.8. The van der Waals surface area contributed by atoms with Crippen molar-refractivity contribution in [2.45, 2.75) is 44.6 Å². The van der Waals surface area contributed by atoms with Gasteiger partial charge in [0, 0.05) is 5.56 Å². The van der Waals surface area contributed by atoms with E-state index in [4.69, 9.17) is 15.0 Å². The van der Waals surface area contributed by atoms with Gasteiger partial charge >= 0.3 is 0 Å². The fraction of sp³-hybridized carbons (Fsp3) is 0.500. The lowest BCUT2D eigenvalue weighted by Gasteiger charge is -2.17. The summed E-state index contributed by atoms with van der Waals surface area (Å²) in [5, 5.41) is 4.09. The Labute approximate surface area is 136 Å². The molecule has 3 rings (SSSR count). The maximum Gasteiger partial charge on any atom is 0.231 e. The number of nitrogens with zero attached hydrogens (tertiary/aromatic N) is 2. The number of hydrogen-bond acceptors (Lipinski definition) is 5. The second-order valence-electron chi connectivity index (χ2n) is 5.87. The number of rotatable bonds is 4. The van der Waals surface area contributed by atoms with E-state index in [9.17, 15) is 0 Å². The van der Waals surface area contributed by atoms with Gasteiger partial charge in [0.05, 0.1) is 19.1 Å². The first-order valence-electron chi connectivity index (χ1n) is 7.36. The summed E-state index contributed by atoms with van der Waals surface area (Å²) in [4.78, 5) is 4.51. The first-order chi connectivity index (χ1) is 10.1. The van der Waals surface area contributed by atoms with Crippen molar-refractivity contribution in [3.63, 3.8) is 0 Å². The van der Waals surface area contributed by atoms with Gasteiger partial charge in [0.2, 0.25) is 5.89 Å². The molecule has 0 amide bonds. The van der Waals surface area contributed by atoms with Crippen LogP contribution in [0.1, 0.15) is 48.5 Å². The summed E-state index contributed by atoms with van der Waals surface area (Å²) in [6.45, 7) is 2.05. The molecule has 1 aromatic heterocycles. The third-order valence-corrected chi connectivity index (χ3v) is 4.19. The highest BCUT2D eigenvalue weighted by Crippen LogP contribution is 2.34. The van der Waals surface area contributed by atoms with Gasteiger partial charge in [-0.15, -0.1) is 12.4 Å². The number of hydrogen-bond donors (Lipinski definition) is 1.